The van der Waals surface area contributed by atoms with Gasteiger partial charge in [0.2, 0.25) is 10.0 Å². The molecule has 6 nitrogen and oxygen atoms in total. The monoisotopic (exact) mass is 453 g/mol. The third kappa shape index (κ3) is 5.65. The van der Waals surface area contributed by atoms with Gasteiger partial charge in [0.15, 0.2) is 11.6 Å². The van der Waals surface area contributed by atoms with Gasteiger partial charge < -0.3 is 15.0 Å². The van der Waals surface area contributed by atoms with E-state index >= 15 is 0 Å². The van der Waals surface area contributed by atoms with E-state index in [0.717, 1.165) is 5.56 Å². The van der Waals surface area contributed by atoms with Gasteiger partial charge in [-0.1, -0.05) is 12.1 Å². The zero-order valence-electron chi connectivity index (χ0n) is 18.2. The van der Waals surface area contributed by atoms with E-state index in [2.05, 4.69) is 10.0 Å². The van der Waals surface area contributed by atoms with E-state index in [1.807, 2.05) is 13.8 Å². The molecule has 0 aliphatic carbocycles. The molecule has 9 heteroatoms. The molecular weight excluding hydrogens is 424 g/mol. The summed E-state index contributed by atoms with van der Waals surface area (Å²) in [6.07, 6.45) is -0.117. The largest absolute Gasteiger partial charge is 0.379 e. The third-order valence-electron chi connectivity index (χ3n) is 5.14. The predicted octanol–water partition coefficient (Wildman–Crippen LogP) is 4.34. The number of morpholine rings is 1. The van der Waals surface area contributed by atoms with Crippen LogP contribution in [0.3, 0.4) is 0 Å². The van der Waals surface area contributed by atoms with Crippen LogP contribution in [0.1, 0.15) is 33.3 Å². The quantitative estimate of drug-likeness (QED) is 0.653. The highest BCUT2D eigenvalue weighted by atomic mass is 32.2. The molecule has 1 fully saturated rings. The Balaban J connectivity index is 1.66. The van der Waals surface area contributed by atoms with Gasteiger partial charge in [0, 0.05) is 25.3 Å². The van der Waals surface area contributed by atoms with Gasteiger partial charge in [0.05, 0.1) is 28.8 Å². The summed E-state index contributed by atoms with van der Waals surface area (Å²) < 4.78 is 61.4. The lowest BCUT2D eigenvalue weighted by atomic mass is 10.1. The first-order valence-corrected chi connectivity index (χ1v) is 11.8. The highest BCUT2D eigenvalue weighted by molar-refractivity contribution is 7.93. The number of rotatable bonds is 7. The van der Waals surface area contributed by atoms with Crippen LogP contribution in [0.5, 0.6) is 0 Å². The number of halogens is 2. The van der Waals surface area contributed by atoms with Crippen molar-refractivity contribution < 1.29 is 21.9 Å². The fourth-order valence-electron chi connectivity index (χ4n) is 3.46. The summed E-state index contributed by atoms with van der Waals surface area (Å²) in [5, 5.41) is 2.36. The van der Waals surface area contributed by atoms with Crippen molar-refractivity contribution in [2.24, 2.45) is 0 Å². The van der Waals surface area contributed by atoms with Crippen molar-refractivity contribution in [3.05, 3.63) is 53.6 Å². The lowest BCUT2D eigenvalue weighted by Gasteiger charge is -2.37. The number of ether oxygens (including phenoxy) is 1. The Hall–Kier alpha value is -2.39. The van der Waals surface area contributed by atoms with Crippen molar-refractivity contribution in [1.82, 2.24) is 0 Å². The predicted molar refractivity (Wildman–Crippen MR) is 120 cm³/mol. The van der Waals surface area contributed by atoms with Gasteiger partial charge in [0.1, 0.15) is 0 Å². The fourth-order valence-corrected chi connectivity index (χ4v) is 4.16. The highest BCUT2D eigenvalue weighted by Gasteiger charge is 2.26. The molecule has 0 spiro atoms. The summed E-state index contributed by atoms with van der Waals surface area (Å²) >= 11 is 0. The number of nitrogens with zero attached hydrogens (tertiary/aromatic N) is 1. The van der Waals surface area contributed by atoms with Gasteiger partial charge in [-0.3, -0.25) is 4.72 Å². The second-order valence-electron chi connectivity index (χ2n) is 8.17. The second-order valence-corrected chi connectivity index (χ2v) is 10.4. The molecular formula is C22H29F2N3O3S. The third-order valence-corrected chi connectivity index (χ3v) is 6.90. The van der Waals surface area contributed by atoms with Crippen LogP contribution in [0.4, 0.5) is 25.8 Å². The maximum absolute atomic E-state index is 14.7. The molecule has 0 saturated carbocycles. The van der Waals surface area contributed by atoms with E-state index in [1.54, 1.807) is 49.1 Å². The molecule has 0 unspecified atom stereocenters. The van der Waals surface area contributed by atoms with Gasteiger partial charge >= 0.3 is 0 Å². The molecule has 2 aromatic rings. The number of nitrogens with one attached hydrogen (secondary N) is 2. The minimum absolute atomic E-state index is 0.0583. The summed E-state index contributed by atoms with van der Waals surface area (Å²) in [5.74, 6) is -1.81. The molecule has 0 bridgehead atoms. The maximum Gasteiger partial charge on any atom is 0.235 e. The van der Waals surface area contributed by atoms with Crippen molar-refractivity contribution in [3.63, 3.8) is 0 Å². The number of sulfonamides is 1. The Kier molecular flexibility index (Phi) is 7.06. The number of hydrogen-bond acceptors (Lipinski definition) is 5. The summed E-state index contributed by atoms with van der Waals surface area (Å²) in [5.41, 5.74) is 1.55. The van der Waals surface area contributed by atoms with Crippen LogP contribution in [0.15, 0.2) is 36.4 Å². The zero-order chi connectivity index (χ0) is 22.8. The number of anilines is 3. The molecule has 2 atom stereocenters. The van der Waals surface area contributed by atoms with Gasteiger partial charge in [0.25, 0.3) is 0 Å². The van der Waals surface area contributed by atoms with E-state index in [0.29, 0.717) is 18.8 Å². The van der Waals surface area contributed by atoms with Crippen LogP contribution in [0.25, 0.3) is 0 Å². The van der Waals surface area contributed by atoms with Gasteiger partial charge in [-0.05, 0) is 57.5 Å². The van der Waals surface area contributed by atoms with E-state index in [9.17, 15) is 17.2 Å². The average molecular weight is 454 g/mol. The smallest absolute Gasteiger partial charge is 0.235 e. The molecule has 0 radical (unpaired) electrons. The van der Waals surface area contributed by atoms with Crippen molar-refractivity contribution in [1.29, 1.82) is 0 Å². The van der Waals surface area contributed by atoms with Crippen LogP contribution in [0.2, 0.25) is 0 Å². The van der Waals surface area contributed by atoms with Crippen LogP contribution in [-0.2, 0) is 21.3 Å². The van der Waals surface area contributed by atoms with Crippen LogP contribution >= 0.6 is 0 Å². The first-order chi connectivity index (χ1) is 14.6. The first-order valence-electron chi connectivity index (χ1n) is 10.3. The van der Waals surface area contributed by atoms with E-state index in [1.165, 1.54) is 6.07 Å². The van der Waals surface area contributed by atoms with Crippen molar-refractivity contribution in [3.8, 4) is 0 Å². The Morgan fingerprint density at radius 2 is 1.65 bits per heavy atom. The van der Waals surface area contributed by atoms with Crippen LogP contribution in [-0.4, -0.2) is 39.0 Å². The lowest BCUT2D eigenvalue weighted by Crippen LogP contribution is -2.45. The zero-order valence-corrected chi connectivity index (χ0v) is 19.0. The Bertz CT molecular complexity index is 1000. The van der Waals surface area contributed by atoms with Gasteiger partial charge in [-0.2, -0.15) is 0 Å². The SMILES string of the molecule is CC(C)S(=O)(=O)Nc1ccc(CNc2ccc(N3C[C@@H](C)O[C@@H](C)C3)c(F)c2F)cc1. The molecule has 1 aliphatic heterocycles. The topological polar surface area (TPSA) is 70.7 Å². The molecule has 0 aromatic heterocycles. The molecule has 31 heavy (non-hydrogen) atoms. The Morgan fingerprint density at radius 1 is 1.03 bits per heavy atom. The van der Waals surface area contributed by atoms with Crippen molar-refractivity contribution >= 4 is 27.1 Å². The molecule has 170 valence electrons. The second kappa shape index (κ2) is 9.40. The van der Waals surface area contributed by atoms with Crippen LogP contribution in [0, 0.1) is 11.6 Å². The number of hydrogen-bond donors (Lipinski definition) is 2. The molecule has 3 rings (SSSR count). The first kappa shape index (κ1) is 23.3. The molecule has 1 heterocycles. The standard InChI is InChI=1S/C22H29F2N3O3S/c1-14(2)31(28,29)26-18-7-5-17(6-8-18)11-25-19-9-10-20(22(24)21(19)23)27-12-15(3)30-16(4)13-27/h5-10,14-16,25-26H,11-13H2,1-4H3/t15-,16+. The van der Waals surface area contributed by atoms with E-state index in [-0.39, 0.29) is 30.1 Å². The highest BCUT2D eigenvalue weighted by Crippen LogP contribution is 2.29. The maximum atomic E-state index is 14.7. The van der Waals surface area contributed by atoms with Crippen LogP contribution < -0.4 is 14.9 Å². The van der Waals surface area contributed by atoms with Crippen molar-refractivity contribution in [2.45, 2.75) is 51.7 Å². The summed E-state index contributed by atoms with van der Waals surface area (Å²) in [6, 6.07) is 9.84. The lowest BCUT2D eigenvalue weighted by molar-refractivity contribution is -0.00542. The average Bonchev–Trinajstić information content (AvgIpc) is 2.69. The van der Waals surface area contributed by atoms with E-state index in [4.69, 9.17) is 4.74 Å². The summed E-state index contributed by atoms with van der Waals surface area (Å²) in [4.78, 5) is 1.80. The molecule has 0 amide bonds. The Morgan fingerprint density at radius 3 is 2.23 bits per heavy atom. The van der Waals surface area contributed by atoms with Gasteiger partial charge in [-0.15, -0.1) is 0 Å². The molecule has 2 N–H and O–H groups in total. The minimum atomic E-state index is -3.42. The molecule has 1 aliphatic rings. The fraction of sp³-hybridized carbons (Fsp3) is 0.455. The van der Waals surface area contributed by atoms with Crippen molar-refractivity contribution in [2.75, 3.05) is 28.0 Å². The molecule has 1 saturated heterocycles. The Labute approximate surface area is 182 Å². The summed E-state index contributed by atoms with van der Waals surface area (Å²) in [7, 11) is -3.42. The summed E-state index contributed by atoms with van der Waals surface area (Å²) in [6.45, 7) is 8.27. The normalized spacial score (nSPS) is 19.5. The van der Waals surface area contributed by atoms with Gasteiger partial charge in [-0.25, -0.2) is 17.2 Å². The minimum Gasteiger partial charge on any atom is -0.379 e. The molecule has 2 aromatic carbocycles. The van der Waals surface area contributed by atoms with E-state index < -0.39 is 26.9 Å². The number of benzene rings is 2.